The number of hydrogen-bond acceptors (Lipinski definition) is 5. The van der Waals surface area contributed by atoms with Crippen molar-refractivity contribution >= 4 is 29.3 Å². The fourth-order valence-corrected chi connectivity index (χ4v) is 12.2. The van der Waals surface area contributed by atoms with E-state index in [-0.39, 0.29) is 40.6 Å². The van der Waals surface area contributed by atoms with Crippen LogP contribution in [0.1, 0.15) is 133 Å². The number of hydrogen-bond donors (Lipinski definition) is 2. The lowest BCUT2D eigenvalue weighted by molar-refractivity contribution is -0.192. The van der Waals surface area contributed by atoms with Crippen molar-refractivity contribution in [3.63, 3.8) is 0 Å². The van der Waals surface area contributed by atoms with E-state index < -0.39 is 17.4 Å². The second-order valence-corrected chi connectivity index (χ2v) is 18.4. The molecule has 5 rings (SSSR count). The van der Waals surface area contributed by atoms with Crippen molar-refractivity contribution in [2.75, 3.05) is 13.1 Å². The van der Waals surface area contributed by atoms with Crippen LogP contribution in [0.3, 0.4) is 0 Å². The topological polar surface area (TPSA) is 92.7 Å². The zero-order valence-electron chi connectivity index (χ0n) is 33.3. The Kier molecular flexibility index (Phi) is 13.1. The molecular formula is C44H68ClNO5. The molecule has 0 bridgehead atoms. The van der Waals surface area contributed by atoms with Crippen LogP contribution in [0.4, 0.5) is 0 Å². The molecule has 7 heteroatoms. The van der Waals surface area contributed by atoms with Crippen LogP contribution in [0.2, 0.25) is 0 Å². The van der Waals surface area contributed by atoms with Crippen molar-refractivity contribution in [3.05, 3.63) is 47.1 Å². The molecule has 0 aromatic carbocycles. The first-order chi connectivity index (χ1) is 23.9. The number of carbonyl (C=O) groups excluding carboxylic acids is 2. The van der Waals surface area contributed by atoms with Crippen molar-refractivity contribution in [3.8, 4) is 0 Å². The molecule has 5 aliphatic carbocycles. The molecule has 0 amide bonds. The molecule has 0 aromatic rings. The number of rotatable bonds is 12. The Morgan fingerprint density at radius 3 is 2.31 bits per heavy atom. The third-order valence-corrected chi connectivity index (χ3v) is 14.6. The fraction of sp³-hybridized carbons (Fsp3) is 0.750. The summed E-state index contributed by atoms with van der Waals surface area (Å²) in [4.78, 5) is 38.4. The number of allylic oxidation sites excluding steroid dienone is 4. The summed E-state index contributed by atoms with van der Waals surface area (Å²) in [6.07, 6.45) is 13.6. The van der Waals surface area contributed by atoms with Gasteiger partial charge in [0.25, 0.3) is 0 Å². The first-order valence-corrected chi connectivity index (χ1v) is 20.4. The van der Waals surface area contributed by atoms with E-state index in [4.69, 9.17) is 16.3 Å². The van der Waals surface area contributed by atoms with Crippen LogP contribution in [0.15, 0.2) is 47.1 Å². The zero-order chi connectivity index (χ0) is 38.1. The van der Waals surface area contributed by atoms with Crippen LogP contribution >= 0.6 is 11.6 Å². The van der Waals surface area contributed by atoms with Crippen LogP contribution < -0.4 is 5.32 Å². The van der Waals surface area contributed by atoms with Gasteiger partial charge in [0.1, 0.15) is 6.10 Å². The van der Waals surface area contributed by atoms with Crippen molar-refractivity contribution < 1.29 is 24.2 Å². The van der Waals surface area contributed by atoms with Gasteiger partial charge in [0.2, 0.25) is 0 Å². The van der Waals surface area contributed by atoms with Crippen LogP contribution in [-0.4, -0.2) is 42.0 Å². The fourth-order valence-electron chi connectivity index (χ4n) is 12.0. The highest BCUT2D eigenvalue weighted by Crippen LogP contribution is 2.72. The van der Waals surface area contributed by atoms with Gasteiger partial charge in [-0.15, -0.1) is 0 Å². The van der Waals surface area contributed by atoms with E-state index in [1.54, 1.807) is 19.9 Å². The molecule has 0 heterocycles. The average Bonchev–Trinajstić information content (AvgIpc) is 3.37. The van der Waals surface area contributed by atoms with Crippen LogP contribution in [0.25, 0.3) is 0 Å². The van der Waals surface area contributed by atoms with Gasteiger partial charge in [0.05, 0.1) is 11.8 Å². The Labute approximate surface area is 314 Å². The predicted octanol–water partition coefficient (Wildman–Crippen LogP) is 10.5. The smallest absolute Gasteiger partial charge is 0.309 e. The Balaban J connectivity index is 0.00000286. The summed E-state index contributed by atoms with van der Waals surface area (Å²) < 4.78 is 6.05. The third kappa shape index (κ3) is 7.89. The summed E-state index contributed by atoms with van der Waals surface area (Å²) in [5, 5.41) is 13.7. The number of carboxylic acids is 1. The van der Waals surface area contributed by atoms with E-state index in [0.717, 1.165) is 56.2 Å². The molecule has 5 aliphatic rings. The molecule has 0 radical (unpaired) electrons. The number of Topliss-reactive ketones (excluding diaryl/α,β-unsaturated/α-hetero) is 1. The van der Waals surface area contributed by atoms with Crippen LogP contribution in [-0.2, 0) is 19.1 Å². The van der Waals surface area contributed by atoms with Gasteiger partial charge < -0.3 is 15.2 Å². The van der Waals surface area contributed by atoms with Crippen molar-refractivity contribution in [1.82, 2.24) is 5.32 Å². The summed E-state index contributed by atoms with van der Waals surface area (Å²) in [6.45, 7) is 28.4. The third-order valence-electron chi connectivity index (χ3n) is 14.4. The monoisotopic (exact) mass is 725 g/mol. The number of carbonyl (C=O) groups is 3. The zero-order valence-corrected chi connectivity index (χ0v) is 34.0. The molecule has 51 heavy (non-hydrogen) atoms. The molecule has 0 aromatic heterocycles. The Bertz CT molecular complexity index is 1430. The molecule has 0 aliphatic heterocycles. The molecule has 6 nitrogen and oxygen atoms in total. The molecule has 4 saturated carbocycles. The summed E-state index contributed by atoms with van der Waals surface area (Å²) in [7, 11) is 0. The number of fused-ring (bicyclic) bond motifs is 7. The number of carboxylic acid groups (broad SMARTS) is 1. The first-order valence-electron chi connectivity index (χ1n) is 20.0. The lowest BCUT2D eigenvalue weighted by Crippen LogP contribution is -2.60. The SMILES string of the molecule is C=C/C(Cl)=C\C(=C)CNCCC12CCC3C(CCC4C3(C)CCC3C(C)C(OC(=O)CC(C)(C)C(=O)O)CCC34C)C1=C(C(C)C)C(=O)C2.CC. The molecular weight excluding hydrogens is 658 g/mol. The van der Waals surface area contributed by atoms with Gasteiger partial charge in [-0.05, 0) is 142 Å². The summed E-state index contributed by atoms with van der Waals surface area (Å²) in [5.74, 6) is 1.61. The highest BCUT2D eigenvalue weighted by molar-refractivity contribution is 6.31. The van der Waals surface area contributed by atoms with E-state index in [9.17, 15) is 19.5 Å². The standard InChI is InChI=1S/C42H62ClNO5.C2H6/c1-10-28(43)21-26(4)24-44-20-19-42-18-14-31-29(37(42)36(25(2)3)32(45)22-42)11-12-34-40(8)17-15-33(27(5)30(40)13-16-41(31,34)9)49-35(46)23-39(6,7)38(47)48;1-2/h10,21,25,27,29-31,33-34,44H,1,4,11-20,22-24H2,2-3,5-9H3,(H,47,48);1-2H3/b28-21+;. The maximum absolute atomic E-state index is 13.8. The number of halogens is 1. The molecule has 4 fully saturated rings. The maximum Gasteiger partial charge on any atom is 0.309 e. The predicted molar refractivity (Wildman–Crippen MR) is 208 cm³/mol. The van der Waals surface area contributed by atoms with Gasteiger partial charge in [0, 0.05) is 23.4 Å². The summed E-state index contributed by atoms with van der Waals surface area (Å²) >= 11 is 6.14. The van der Waals surface area contributed by atoms with E-state index in [0.29, 0.717) is 47.5 Å². The van der Waals surface area contributed by atoms with E-state index in [2.05, 4.69) is 53.1 Å². The van der Waals surface area contributed by atoms with Gasteiger partial charge in [-0.1, -0.05) is 84.9 Å². The van der Waals surface area contributed by atoms with Gasteiger partial charge in [0.15, 0.2) is 5.78 Å². The van der Waals surface area contributed by atoms with Crippen molar-refractivity contribution in [2.45, 2.75) is 139 Å². The Hall–Kier alpha value is -2.18. The highest BCUT2D eigenvalue weighted by atomic mass is 35.5. The van der Waals surface area contributed by atoms with Gasteiger partial charge in [-0.25, -0.2) is 0 Å². The maximum atomic E-state index is 13.8. The van der Waals surface area contributed by atoms with E-state index >= 15 is 0 Å². The summed E-state index contributed by atoms with van der Waals surface area (Å²) in [5.41, 5.74) is 2.80. The second-order valence-electron chi connectivity index (χ2n) is 18.0. The lowest BCUT2D eigenvalue weighted by atomic mass is 9.38. The molecule has 286 valence electrons. The first kappa shape index (κ1) is 41.6. The van der Waals surface area contributed by atoms with Crippen LogP contribution in [0, 0.1) is 57.2 Å². The average molecular weight is 726 g/mol. The minimum atomic E-state index is -1.13. The number of esters is 1. The van der Waals surface area contributed by atoms with Gasteiger partial charge in [-0.3, -0.25) is 14.4 Å². The quantitative estimate of drug-likeness (QED) is 0.118. The van der Waals surface area contributed by atoms with Crippen molar-refractivity contribution in [1.29, 1.82) is 0 Å². The Morgan fingerprint density at radius 2 is 1.69 bits per heavy atom. The minimum absolute atomic E-state index is 0.0449. The second kappa shape index (κ2) is 16.0. The number of nitrogens with one attached hydrogen (secondary N) is 1. The number of ketones is 1. The molecule has 0 saturated heterocycles. The number of ether oxygens (including phenoxy) is 1. The minimum Gasteiger partial charge on any atom is -0.481 e. The largest absolute Gasteiger partial charge is 0.481 e. The normalized spacial score (nSPS) is 36.2. The lowest BCUT2D eigenvalue weighted by Gasteiger charge is -2.67. The highest BCUT2D eigenvalue weighted by Gasteiger charge is 2.65. The van der Waals surface area contributed by atoms with Crippen LogP contribution in [0.5, 0.6) is 0 Å². The Morgan fingerprint density at radius 1 is 1.06 bits per heavy atom. The van der Waals surface area contributed by atoms with Gasteiger partial charge >= 0.3 is 11.9 Å². The van der Waals surface area contributed by atoms with E-state index in [1.165, 1.54) is 24.8 Å². The van der Waals surface area contributed by atoms with Gasteiger partial charge in [-0.2, -0.15) is 0 Å². The van der Waals surface area contributed by atoms with E-state index in [1.807, 2.05) is 19.9 Å². The molecule has 9 atom stereocenters. The molecule has 2 N–H and O–H groups in total. The van der Waals surface area contributed by atoms with Crippen molar-refractivity contribution in [2.24, 2.45) is 57.2 Å². The summed E-state index contributed by atoms with van der Waals surface area (Å²) in [6, 6.07) is 0. The number of aliphatic carboxylic acids is 1. The molecule has 9 unspecified atom stereocenters. The molecule has 0 spiro atoms.